The SMILES string of the molecule is CCC(C)C(CN(C(=O)CNCc1cccc2ccccc12)C(CCSC)C(=O)O)NC(=O)Cc1cncn1Cc1ccc(C#N)cc1. The molecule has 3 aromatic carbocycles. The number of nitrogens with zero attached hydrogens (tertiary/aromatic N) is 4. The van der Waals surface area contributed by atoms with Crippen LogP contribution in [0.25, 0.3) is 10.8 Å². The molecule has 1 aromatic heterocycles. The quantitative estimate of drug-likeness (QED) is 0.137. The van der Waals surface area contributed by atoms with Crippen LogP contribution in [-0.4, -0.2) is 74.5 Å². The molecule has 0 saturated heterocycles. The number of carboxylic acid groups (broad SMARTS) is 1. The average molecular weight is 669 g/mol. The van der Waals surface area contributed by atoms with Crippen molar-refractivity contribution in [2.75, 3.05) is 25.1 Å². The van der Waals surface area contributed by atoms with E-state index in [0.717, 1.165) is 28.3 Å². The van der Waals surface area contributed by atoms with Crippen molar-refractivity contribution in [2.24, 2.45) is 5.92 Å². The molecule has 0 radical (unpaired) electrons. The third-order valence-electron chi connectivity index (χ3n) is 8.70. The van der Waals surface area contributed by atoms with Crippen molar-refractivity contribution >= 4 is 40.3 Å². The summed E-state index contributed by atoms with van der Waals surface area (Å²) < 4.78 is 1.89. The molecule has 0 aliphatic carbocycles. The Morgan fingerprint density at radius 1 is 1.08 bits per heavy atom. The highest BCUT2D eigenvalue weighted by Gasteiger charge is 2.33. The second-order valence-electron chi connectivity index (χ2n) is 12.0. The Kier molecular flexibility index (Phi) is 13.6. The van der Waals surface area contributed by atoms with Gasteiger partial charge in [0.1, 0.15) is 6.04 Å². The number of aliphatic carboxylic acids is 1. The van der Waals surface area contributed by atoms with Crippen LogP contribution in [0, 0.1) is 17.2 Å². The van der Waals surface area contributed by atoms with Crippen molar-refractivity contribution in [1.82, 2.24) is 25.1 Å². The molecule has 0 fully saturated rings. The summed E-state index contributed by atoms with van der Waals surface area (Å²) >= 11 is 1.53. The molecule has 3 atom stereocenters. The molecule has 2 amide bonds. The molecule has 4 rings (SSSR count). The number of hydrogen-bond donors (Lipinski definition) is 3. The number of nitriles is 1. The number of carbonyl (C=O) groups excluding carboxylic acids is 2. The van der Waals surface area contributed by atoms with E-state index in [0.29, 0.717) is 36.5 Å². The molecule has 0 spiro atoms. The first-order valence-electron chi connectivity index (χ1n) is 16.2. The molecular weight excluding hydrogens is 625 g/mol. The van der Waals surface area contributed by atoms with Crippen molar-refractivity contribution in [3.05, 3.63) is 102 Å². The lowest BCUT2D eigenvalue weighted by Gasteiger charge is -2.35. The summed E-state index contributed by atoms with van der Waals surface area (Å²) in [7, 11) is 0. The minimum Gasteiger partial charge on any atom is -0.480 e. The van der Waals surface area contributed by atoms with Crippen molar-refractivity contribution in [3.8, 4) is 6.07 Å². The number of amides is 2. The number of aromatic nitrogens is 2. The van der Waals surface area contributed by atoms with E-state index < -0.39 is 18.1 Å². The van der Waals surface area contributed by atoms with E-state index in [2.05, 4.69) is 21.7 Å². The summed E-state index contributed by atoms with van der Waals surface area (Å²) in [5, 5.41) is 27.9. The second kappa shape index (κ2) is 18.0. The van der Waals surface area contributed by atoms with Crippen LogP contribution in [-0.2, 0) is 33.9 Å². The highest BCUT2D eigenvalue weighted by atomic mass is 32.2. The molecule has 3 N–H and O–H groups in total. The van der Waals surface area contributed by atoms with Gasteiger partial charge in [-0.15, -0.1) is 0 Å². The average Bonchev–Trinajstić information content (AvgIpc) is 3.52. The summed E-state index contributed by atoms with van der Waals surface area (Å²) in [5.74, 6) is -1.07. The molecule has 0 aliphatic heterocycles. The first-order valence-corrected chi connectivity index (χ1v) is 17.6. The maximum absolute atomic E-state index is 13.8. The van der Waals surface area contributed by atoms with Crippen LogP contribution in [0.3, 0.4) is 0 Å². The first-order chi connectivity index (χ1) is 23.2. The normalized spacial score (nSPS) is 13.0. The summed E-state index contributed by atoms with van der Waals surface area (Å²) in [6.07, 6.45) is 6.32. The largest absolute Gasteiger partial charge is 0.480 e. The highest BCUT2D eigenvalue weighted by molar-refractivity contribution is 7.98. The van der Waals surface area contributed by atoms with E-state index >= 15 is 0 Å². The van der Waals surface area contributed by atoms with Gasteiger partial charge in [0.25, 0.3) is 0 Å². The van der Waals surface area contributed by atoms with Gasteiger partial charge in [0.05, 0.1) is 30.9 Å². The number of carbonyl (C=O) groups is 3. The Bertz CT molecular complexity index is 1710. The van der Waals surface area contributed by atoms with Crippen LogP contribution in [0.2, 0.25) is 0 Å². The van der Waals surface area contributed by atoms with Gasteiger partial charge < -0.3 is 25.2 Å². The fraction of sp³-hybridized carbons (Fsp3) is 0.378. The van der Waals surface area contributed by atoms with Gasteiger partial charge in [0.15, 0.2) is 0 Å². The topological polar surface area (TPSA) is 140 Å². The van der Waals surface area contributed by atoms with Gasteiger partial charge in [-0.2, -0.15) is 17.0 Å². The molecule has 0 saturated carbocycles. The minimum atomic E-state index is -1.06. The van der Waals surface area contributed by atoms with Crippen LogP contribution in [0.1, 0.15) is 49.1 Å². The molecular formula is C37H44N6O4S. The smallest absolute Gasteiger partial charge is 0.326 e. The molecule has 0 aliphatic rings. The minimum absolute atomic E-state index is 0.0218. The zero-order valence-electron chi connectivity index (χ0n) is 27.8. The number of thioether (sulfide) groups is 1. The van der Waals surface area contributed by atoms with E-state index in [1.54, 1.807) is 24.7 Å². The Balaban J connectivity index is 1.47. The van der Waals surface area contributed by atoms with Crippen molar-refractivity contribution in [2.45, 2.75) is 58.3 Å². The fourth-order valence-electron chi connectivity index (χ4n) is 5.70. The molecule has 1 heterocycles. The lowest BCUT2D eigenvalue weighted by Crippen LogP contribution is -2.55. The number of benzene rings is 3. The molecule has 4 aromatic rings. The van der Waals surface area contributed by atoms with E-state index in [4.69, 9.17) is 5.26 Å². The van der Waals surface area contributed by atoms with Crippen molar-refractivity contribution < 1.29 is 19.5 Å². The monoisotopic (exact) mass is 668 g/mol. The van der Waals surface area contributed by atoms with Gasteiger partial charge in [-0.05, 0) is 58.4 Å². The maximum Gasteiger partial charge on any atom is 0.326 e. The van der Waals surface area contributed by atoms with E-state index in [-0.39, 0.29) is 37.2 Å². The van der Waals surface area contributed by atoms with Gasteiger partial charge >= 0.3 is 5.97 Å². The molecule has 10 nitrogen and oxygen atoms in total. The molecule has 252 valence electrons. The van der Waals surface area contributed by atoms with E-state index in [1.165, 1.54) is 16.7 Å². The summed E-state index contributed by atoms with van der Waals surface area (Å²) in [5.41, 5.74) is 3.31. The zero-order valence-corrected chi connectivity index (χ0v) is 28.6. The van der Waals surface area contributed by atoms with E-state index in [9.17, 15) is 19.5 Å². The predicted octanol–water partition coefficient (Wildman–Crippen LogP) is 4.85. The summed E-state index contributed by atoms with van der Waals surface area (Å²) in [6.45, 7) is 4.99. The second-order valence-corrected chi connectivity index (χ2v) is 13.0. The Morgan fingerprint density at radius 3 is 2.54 bits per heavy atom. The van der Waals surface area contributed by atoms with Gasteiger partial charge in [-0.1, -0.05) is 74.9 Å². The Morgan fingerprint density at radius 2 is 1.83 bits per heavy atom. The fourth-order valence-corrected chi connectivity index (χ4v) is 6.16. The lowest BCUT2D eigenvalue weighted by molar-refractivity contribution is -0.150. The van der Waals surface area contributed by atoms with Crippen LogP contribution < -0.4 is 10.6 Å². The maximum atomic E-state index is 13.8. The number of rotatable bonds is 18. The van der Waals surface area contributed by atoms with E-state index in [1.807, 2.05) is 79.3 Å². The van der Waals surface area contributed by atoms with Gasteiger partial charge in [0.2, 0.25) is 11.8 Å². The first kappa shape index (κ1) is 36.2. The van der Waals surface area contributed by atoms with Crippen LogP contribution in [0.4, 0.5) is 0 Å². The van der Waals surface area contributed by atoms with Crippen LogP contribution in [0.5, 0.6) is 0 Å². The lowest BCUT2D eigenvalue weighted by atomic mass is 9.97. The van der Waals surface area contributed by atoms with Gasteiger partial charge in [0, 0.05) is 37.6 Å². The number of fused-ring (bicyclic) bond motifs is 1. The third kappa shape index (κ3) is 9.92. The molecule has 11 heteroatoms. The predicted molar refractivity (Wildman–Crippen MR) is 189 cm³/mol. The van der Waals surface area contributed by atoms with Crippen molar-refractivity contribution in [3.63, 3.8) is 0 Å². The number of imidazole rings is 1. The molecule has 0 bridgehead atoms. The number of hydrogen-bond acceptors (Lipinski definition) is 7. The standard InChI is InChI=1S/C37H44N6O4S/c1-4-26(2)33(41-35(44)18-31-21-40-25-42(31)23-28-14-12-27(19-38)13-15-28)24-43(34(37(46)47)16-17-48-3)36(45)22-39-20-30-10-7-9-29-8-5-6-11-32(29)30/h5-15,21,25-26,33-34,39H,4,16-18,20,22-24H2,1-3H3,(H,41,44)(H,46,47). The van der Waals surface area contributed by atoms with Crippen LogP contribution >= 0.6 is 11.8 Å². The molecule has 3 unspecified atom stereocenters. The summed E-state index contributed by atoms with van der Waals surface area (Å²) in [4.78, 5) is 45.5. The summed E-state index contributed by atoms with van der Waals surface area (Å²) in [6, 6.07) is 22.0. The number of nitrogens with one attached hydrogen (secondary N) is 2. The third-order valence-corrected chi connectivity index (χ3v) is 9.34. The zero-order chi connectivity index (χ0) is 34.5. The highest BCUT2D eigenvalue weighted by Crippen LogP contribution is 2.19. The number of carboxylic acids is 1. The molecule has 48 heavy (non-hydrogen) atoms. The van der Waals surface area contributed by atoms with Crippen molar-refractivity contribution in [1.29, 1.82) is 5.26 Å². The van der Waals surface area contributed by atoms with Gasteiger partial charge in [-0.25, -0.2) is 9.78 Å². The Hall–Kier alpha value is -4.66. The Labute approximate surface area is 286 Å². The van der Waals surface area contributed by atoms with Gasteiger partial charge in [-0.3, -0.25) is 9.59 Å². The van der Waals surface area contributed by atoms with Crippen LogP contribution in [0.15, 0.2) is 79.3 Å².